The van der Waals surface area contributed by atoms with E-state index in [1.54, 1.807) is 39.8 Å². The molecule has 1 atom stereocenters. The van der Waals surface area contributed by atoms with E-state index >= 15 is 0 Å². The number of aromatic nitrogens is 1. The minimum absolute atomic E-state index is 0.0484. The van der Waals surface area contributed by atoms with E-state index in [1.807, 2.05) is 6.07 Å². The number of ether oxygens (including phenoxy) is 3. The third-order valence-corrected chi connectivity index (χ3v) is 7.15. The monoisotopic (exact) mass is 570 g/mol. The second-order valence-corrected chi connectivity index (χ2v) is 12.0. The number of hydrogen-bond donors (Lipinski definition) is 1. The quantitative estimate of drug-likeness (QED) is 0.361. The summed E-state index contributed by atoms with van der Waals surface area (Å²) in [6.45, 7) is 6.67. The smallest absolute Gasteiger partial charge is 0.442 e. The molecule has 0 aliphatic rings. The second kappa shape index (κ2) is 11.7. The number of nitrogens with one attached hydrogen (secondary N) is 1. The molecule has 0 aliphatic heterocycles. The molecule has 39 heavy (non-hydrogen) atoms. The fraction of sp³-hybridized carbons (Fsp3) is 0.259. The maximum absolute atomic E-state index is 13.4. The molecule has 0 fully saturated rings. The number of methoxy groups -OCH3 is 1. The number of hydrogen-bond acceptors (Lipinski definition) is 8. The zero-order valence-electron chi connectivity index (χ0n) is 22.2. The summed E-state index contributed by atoms with van der Waals surface area (Å²) in [5, 5.41) is 12.1. The van der Waals surface area contributed by atoms with Gasteiger partial charge in [-0.1, -0.05) is 17.7 Å². The SMILES string of the molecule is COc1cc(C#N)ccc1Oc1ncc(Cl)c(C)c1C(=O)Nc1cccc(S(C)(=O)=NC(=O)OC(C)(C)C)c1. The van der Waals surface area contributed by atoms with Crippen molar-refractivity contribution in [3.8, 4) is 23.4 Å². The summed E-state index contributed by atoms with van der Waals surface area (Å²) in [4.78, 5) is 30.0. The summed E-state index contributed by atoms with van der Waals surface area (Å²) in [7, 11) is -1.76. The van der Waals surface area contributed by atoms with Gasteiger partial charge < -0.3 is 19.5 Å². The topological polar surface area (TPSA) is 140 Å². The van der Waals surface area contributed by atoms with Crippen molar-refractivity contribution in [2.75, 3.05) is 18.7 Å². The summed E-state index contributed by atoms with van der Waals surface area (Å²) >= 11 is 6.26. The van der Waals surface area contributed by atoms with E-state index in [4.69, 9.17) is 31.1 Å². The van der Waals surface area contributed by atoms with E-state index in [-0.39, 0.29) is 38.5 Å². The minimum atomic E-state index is -3.18. The van der Waals surface area contributed by atoms with Crippen LogP contribution in [-0.2, 0) is 14.5 Å². The minimum Gasteiger partial charge on any atom is -0.493 e. The summed E-state index contributed by atoms with van der Waals surface area (Å²) in [5.74, 6) is -0.146. The number of anilines is 1. The Kier molecular flexibility index (Phi) is 8.84. The van der Waals surface area contributed by atoms with E-state index in [0.717, 1.165) is 0 Å². The number of benzene rings is 2. The predicted octanol–water partition coefficient (Wildman–Crippen LogP) is 6.36. The van der Waals surface area contributed by atoms with Crippen molar-refractivity contribution in [1.82, 2.24) is 4.98 Å². The van der Waals surface area contributed by atoms with Gasteiger partial charge in [0, 0.05) is 29.1 Å². The predicted molar refractivity (Wildman–Crippen MR) is 147 cm³/mol. The number of nitriles is 1. The highest BCUT2D eigenvalue weighted by Crippen LogP contribution is 2.35. The van der Waals surface area contributed by atoms with Crippen LogP contribution in [0.2, 0.25) is 5.02 Å². The van der Waals surface area contributed by atoms with Gasteiger partial charge in [0.15, 0.2) is 11.5 Å². The van der Waals surface area contributed by atoms with Crippen molar-refractivity contribution < 1.29 is 28.0 Å². The third-order valence-electron chi connectivity index (χ3n) is 5.14. The van der Waals surface area contributed by atoms with Gasteiger partial charge in [0.1, 0.15) is 11.2 Å². The van der Waals surface area contributed by atoms with Crippen LogP contribution in [-0.4, -0.2) is 40.2 Å². The Morgan fingerprint density at radius 3 is 2.51 bits per heavy atom. The molecule has 0 saturated carbocycles. The highest BCUT2D eigenvalue weighted by atomic mass is 35.5. The lowest BCUT2D eigenvalue weighted by Gasteiger charge is -2.17. The van der Waals surface area contributed by atoms with Crippen molar-refractivity contribution in [1.29, 1.82) is 5.26 Å². The summed E-state index contributed by atoms with van der Waals surface area (Å²) in [5.41, 5.74) is 0.309. The average molecular weight is 571 g/mol. The molecule has 2 aromatic carbocycles. The van der Waals surface area contributed by atoms with Crippen LogP contribution in [0.15, 0.2) is 57.9 Å². The van der Waals surface area contributed by atoms with Crippen LogP contribution in [0, 0.1) is 18.3 Å². The maximum Gasteiger partial charge on any atom is 0.442 e. The fourth-order valence-electron chi connectivity index (χ4n) is 3.31. The van der Waals surface area contributed by atoms with Gasteiger partial charge in [-0.3, -0.25) is 4.79 Å². The molecule has 1 unspecified atom stereocenters. The Morgan fingerprint density at radius 2 is 1.87 bits per heavy atom. The molecule has 12 heteroatoms. The van der Waals surface area contributed by atoms with Gasteiger partial charge in [-0.15, -0.1) is 4.36 Å². The zero-order chi connectivity index (χ0) is 29.0. The molecule has 0 saturated heterocycles. The van der Waals surface area contributed by atoms with Gasteiger partial charge in [-0.05, 0) is 63.6 Å². The Hall–Kier alpha value is -4.14. The highest BCUT2D eigenvalue weighted by molar-refractivity contribution is 7.93. The van der Waals surface area contributed by atoms with Crippen LogP contribution in [0.25, 0.3) is 0 Å². The van der Waals surface area contributed by atoms with E-state index in [2.05, 4.69) is 14.7 Å². The first-order valence-corrected chi connectivity index (χ1v) is 13.8. The first-order chi connectivity index (χ1) is 18.2. The molecule has 3 rings (SSSR count). The van der Waals surface area contributed by atoms with Crippen LogP contribution in [0.1, 0.15) is 42.3 Å². The fourth-order valence-corrected chi connectivity index (χ4v) is 4.55. The molecule has 3 aromatic rings. The van der Waals surface area contributed by atoms with Crippen LogP contribution >= 0.6 is 11.6 Å². The highest BCUT2D eigenvalue weighted by Gasteiger charge is 2.23. The molecule has 0 bridgehead atoms. The second-order valence-electron chi connectivity index (χ2n) is 9.35. The molecule has 0 aliphatic carbocycles. The van der Waals surface area contributed by atoms with E-state index in [1.165, 1.54) is 49.9 Å². The first kappa shape index (κ1) is 29.4. The van der Waals surface area contributed by atoms with Crippen LogP contribution in [0.5, 0.6) is 17.4 Å². The number of carbonyl (C=O) groups is 2. The molecule has 2 amide bonds. The Morgan fingerprint density at radius 1 is 1.15 bits per heavy atom. The number of halogens is 1. The standard InChI is InChI=1S/C27H27ClN4O6S/c1-16-20(28)15-30-25(37-21-11-10-17(14-29)12-22(21)36-5)23(16)24(33)31-18-8-7-9-19(13-18)39(6,35)32-26(34)38-27(2,3)4/h7-13,15H,1-6H3,(H,31,33). The van der Waals surface area contributed by atoms with Crippen molar-refractivity contribution in [3.63, 3.8) is 0 Å². The Balaban J connectivity index is 1.95. The van der Waals surface area contributed by atoms with Gasteiger partial charge in [0.05, 0.1) is 33.5 Å². The van der Waals surface area contributed by atoms with Crippen LogP contribution in [0.4, 0.5) is 10.5 Å². The van der Waals surface area contributed by atoms with Crippen molar-refractivity contribution in [3.05, 3.63) is 70.4 Å². The van der Waals surface area contributed by atoms with Crippen molar-refractivity contribution in [2.24, 2.45) is 4.36 Å². The summed E-state index contributed by atoms with van der Waals surface area (Å²) in [6, 6.07) is 12.7. The Labute approximate surface area is 232 Å². The van der Waals surface area contributed by atoms with Gasteiger partial charge in [-0.2, -0.15) is 5.26 Å². The van der Waals surface area contributed by atoms with E-state index in [0.29, 0.717) is 11.1 Å². The number of nitrogens with zero attached hydrogens (tertiary/aromatic N) is 3. The van der Waals surface area contributed by atoms with Crippen LogP contribution in [0.3, 0.4) is 0 Å². The Bertz CT molecular complexity index is 1600. The molecule has 0 spiro atoms. The lowest BCUT2D eigenvalue weighted by Crippen LogP contribution is -2.22. The van der Waals surface area contributed by atoms with Gasteiger partial charge in [0.25, 0.3) is 5.91 Å². The number of rotatable bonds is 6. The molecule has 10 nitrogen and oxygen atoms in total. The van der Waals surface area contributed by atoms with Crippen molar-refractivity contribution in [2.45, 2.75) is 38.2 Å². The van der Waals surface area contributed by atoms with E-state index in [9.17, 15) is 13.8 Å². The lowest BCUT2D eigenvalue weighted by atomic mass is 10.1. The molecule has 1 heterocycles. The summed E-state index contributed by atoms with van der Waals surface area (Å²) in [6.07, 6.45) is 1.70. The lowest BCUT2D eigenvalue weighted by molar-refractivity contribution is 0.0607. The normalized spacial score (nSPS) is 12.5. The molecule has 0 radical (unpaired) electrons. The van der Waals surface area contributed by atoms with Gasteiger partial charge in [-0.25, -0.2) is 14.0 Å². The number of pyridine rings is 1. The van der Waals surface area contributed by atoms with E-state index < -0.39 is 27.3 Å². The molecular formula is C27H27ClN4O6S. The molecular weight excluding hydrogens is 544 g/mol. The van der Waals surface area contributed by atoms with Gasteiger partial charge in [0.2, 0.25) is 5.88 Å². The zero-order valence-corrected chi connectivity index (χ0v) is 23.8. The number of amides is 2. The van der Waals surface area contributed by atoms with Crippen molar-refractivity contribution >= 4 is 39.0 Å². The molecule has 1 N–H and O–H groups in total. The third kappa shape index (κ3) is 7.46. The number of carbonyl (C=O) groups excluding carboxylic acids is 2. The summed E-state index contributed by atoms with van der Waals surface area (Å²) < 4.78 is 33.3. The largest absolute Gasteiger partial charge is 0.493 e. The average Bonchev–Trinajstić information content (AvgIpc) is 2.85. The van der Waals surface area contributed by atoms with Gasteiger partial charge >= 0.3 is 6.09 Å². The molecule has 204 valence electrons. The first-order valence-electron chi connectivity index (χ1n) is 11.5. The maximum atomic E-state index is 13.4. The van der Waals surface area contributed by atoms with Crippen LogP contribution < -0.4 is 14.8 Å². The molecule has 1 aromatic heterocycles.